The third-order valence-electron chi connectivity index (χ3n) is 4.13. The molecule has 1 saturated heterocycles. The Bertz CT molecular complexity index is 746. The van der Waals surface area contributed by atoms with E-state index in [0.717, 1.165) is 31.9 Å². The van der Waals surface area contributed by atoms with Gasteiger partial charge in [0.25, 0.3) is 0 Å². The molecule has 1 heterocycles. The molecule has 1 fully saturated rings. The van der Waals surface area contributed by atoms with Crippen molar-refractivity contribution < 1.29 is 9.18 Å². The van der Waals surface area contributed by atoms with Crippen molar-refractivity contribution in [2.75, 3.05) is 42.9 Å². The Kier molecular flexibility index (Phi) is 5.78. The highest BCUT2D eigenvalue weighted by Crippen LogP contribution is 2.25. The third-order valence-corrected chi connectivity index (χ3v) is 4.87. The standard InChI is InChI=1S/C18H18Cl2FN3O/c19-16-6-3-14(11-17(16)20)22-18(25)12-23-7-9-24(10-8-23)15-4-1-13(21)2-5-15/h1-6,11H,7-10,12H2,(H,22,25). The van der Waals surface area contributed by atoms with Crippen LogP contribution in [0.3, 0.4) is 0 Å². The van der Waals surface area contributed by atoms with E-state index < -0.39 is 0 Å². The number of benzene rings is 2. The maximum absolute atomic E-state index is 13.0. The first-order valence-corrected chi connectivity index (χ1v) is 8.74. The Balaban J connectivity index is 1.49. The lowest BCUT2D eigenvalue weighted by Gasteiger charge is -2.35. The summed E-state index contributed by atoms with van der Waals surface area (Å²) in [6.07, 6.45) is 0. The minimum Gasteiger partial charge on any atom is -0.369 e. The molecular weight excluding hydrogens is 364 g/mol. The van der Waals surface area contributed by atoms with Gasteiger partial charge in [-0.2, -0.15) is 0 Å². The van der Waals surface area contributed by atoms with Gasteiger partial charge >= 0.3 is 0 Å². The van der Waals surface area contributed by atoms with Crippen molar-refractivity contribution in [2.24, 2.45) is 0 Å². The van der Waals surface area contributed by atoms with Crippen LogP contribution in [-0.4, -0.2) is 43.5 Å². The molecule has 1 N–H and O–H groups in total. The number of halogens is 3. The van der Waals surface area contributed by atoms with Crippen molar-refractivity contribution in [1.82, 2.24) is 4.90 Å². The normalized spacial score (nSPS) is 15.2. The molecule has 0 aliphatic carbocycles. The average molecular weight is 382 g/mol. The van der Waals surface area contributed by atoms with E-state index in [1.54, 1.807) is 30.3 Å². The molecule has 1 aliphatic rings. The molecule has 0 unspecified atom stereocenters. The first-order chi connectivity index (χ1) is 12.0. The molecular formula is C18H18Cl2FN3O. The van der Waals surface area contributed by atoms with Crippen molar-refractivity contribution >= 4 is 40.5 Å². The fourth-order valence-electron chi connectivity index (χ4n) is 2.79. The zero-order valence-electron chi connectivity index (χ0n) is 13.5. The summed E-state index contributed by atoms with van der Waals surface area (Å²) >= 11 is 11.8. The fraction of sp³-hybridized carbons (Fsp3) is 0.278. The highest BCUT2D eigenvalue weighted by Gasteiger charge is 2.19. The minimum atomic E-state index is -0.235. The topological polar surface area (TPSA) is 35.6 Å². The predicted molar refractivity (Wildman–Crippen MR) is 100 cm³/mol. The number of amides is 1. The van der Waals surface area contributed by atoms with Gasteiger partial charge in [0.2, 0.25) is 5.91 Å². The van der Waals surface area contributed by atoms with Gasteiger partial charge in [0.05, 0.1) is 16.6 Å². The lowest BCUT2D eigenvalue weighted by atomic mass is 10.2. The Labute approximate surface area is 156 Å². The molecule has 0 atom stereocenters. The summed E-state index contributed by atoms with van der Waals surface area (Å²) in [5.41, 5.74) is 1.63. The molecule has 3 rings (SSSR count). The third kappa shape index (κ3) is 4.84. The molecule has 0 saturated carbocycles. The van der Waals surface area contributed by atoms with Crippen molar-refractivity contribution in [3.05, 3.63) is 58.3 Å². The van der Waals surface area contributed by atoms with E-state index in [9.17, 15) is 9.18 Å². The van der Waals surface area contributed by atoms with Crippen LogP contribution in [0.4, 0.5) is 15.8 Å². The summed E-state index contributed by atoms with van der Waals surface area (Å²) < 4.78 is 13.0. The van der Waals surface area contributed by atoms with Crippen LogP contribution in [0.2, 0.25) is 10.0 Å². The lowest BCUT2D eigenvalue weighted by Crippen LogP contribution is -2.48. The number of piperazine rings is 1. The Hall–Kier alpha value is -1.82. The number of hydrogen-bond donors (Lipinski definition) is 1. The van der Waals surface area contributed by atoms with Crippen LogP contribution >= 0.6 is 23.2 Å². The molecule has 25 heavy (non-hydrogen) atoms. The molecule has 2 aromatic rings. The minimum absolute atomic E-state index is 0.0892. The van der Waals surface area contributed by atoms with Crippen LogP contribution in [0.25, 0.3) is 0 Å². The number of carbonyl (C=O) groups is 1. The molecule has 1 aliphatic heterocycles. The van der Waals surface area contributed by atoms with Gasteiger partial charge in [0.1, 0.15) is 5.82 Å². The maximum Gasteiger partial charge on any atom is 0.238 e. The smallest absolute Gasteiger partial charge is 0.238 e. The van der Waals surface area contributed by atoms with Crippen molar-refractivity contribution in [3.8, 4) is 0 Å². The molecule has 0 aromatic heterocycles. The zero-order chi connectivity index (χ0) is 17.8. The van der Waals surface area contributed by atoms with E-state index in [1.165, 1.54) is 12.1 Å². The second-order valence-corrected chi connectivity index (χ2v) is 6.73. The molecule has 1 amide bonds. The van der Waals surface area contributed by atoms with Gasteiger partial charge in [-0.25, -0.2) is 4.39 Å². The number of carbonyl (C=O) groups excluding carboxylic acids is 1. The van der Waals surface area contributed by atoms with E-state index in [1.807, 2.05) is 0 Å². The molecule has 0 radical (unpaired) electrons. The quantitative estimate of drug-likeness (QED) is 0.872. The number of hydrogen-bond acceptors (Lipinski definition) is 3. The van der Waals surface area contributed by atoms with Crippen LogP contribution in [0.1, 0.15) is 0 Å². The molecule has 2 aromatic carbocycles. The van der Waals surface area contributed by atoms with Gasteiger partial charge < -0.3 is 10.2 Å². The number of rotatable bonds is 4. The number of nitrogens with one attached hydrogen (secondary N) is 1. The highest BCUT2D eigenvalue weighted by molar-refractivity contribution is 6.42. The Morgan fingerprint density at radius 2 is 1.68 bits per heavy atom. The Morgan fingerprint density at radius 3 is 2.32 bits per heavy atom. The zero-order valence-corrected chi connectivity index (χ0v) is 15.0. The summed E-state index contributed by atoms with van der Waals surface area (Å²) in [5.74, 6) is -0.324. The average Bonchev–Trinajstić information content (AvgIpc) is 2.60. The summed E-state index contributed by atoms with van der Waals surface area (Å²) in [5, 5.41) is 3.69. The first kappa shape index (κ1) is 18.0. The number of anilines is 2. The van der Waals surface area contributed by atoms with Crippen molar-refractivity contribution in [2.45, 2.75) is 0 Å². The molecule has 0 spiro atoms. The van der Waals surface area contributed by atoms with E-state index in [4.69, 9.17) is 23.2 Å². The second kappa shape index (κ2) is 8.04. The second-order valence-electron chi connectivity index (χ2n) is 5.92. The summed E-state index contributed by atoms with van der Waals surface area (Å²) in [6.45, 7) is 3.45. The molecule has 4 nitrogen and oxygen atoms in total. The van der Waals surface area contributed by atoms with Gasteiger partial charge in [-0.05, 0) is 42.5 Å². The van der Waals surface area contributed by atoms with Crippen LogP contribution in [0.15, 0.2) is 42.5 Å². The van der Waals surface area contributed by atoms with Crippen LogP contribution in [-0.2, 0) is 4.79 Å². The fourth-order valence-corrected chi connectivity index (χ4v) is 3.09. The highest BCUT2D eigenvalue weighted by atomic mass is 35.5. The van der Waals surface area contributed by atoms with Gasteiger partial charge in [-0.15, -0.1) is 0 Å². The first-order valence-electron chi connectivity index (χ1n) is 7.99. The van der Waals surface area contributed by atoms with E-state index >= 15 is 0 Å². The van der Waals surface area contributed by atoms with Crippen molar-refractivity contribution in [1.29, 1.82) is 0 Å². The van der Waals surface area contributed by atoms with Gasteiger partial charge in [0, 0.05) is 37.6 Å². The maximum atomic E-state index is 13.0. The predicted octanol–water partition coefficient (Wildman–Crippen LogP) is 3.89. The van der Waals surface area contributed by atoms with Crippen LogP contribution in [0.5, 0.6) is 0 Å². The van der Waals surface area contributed by atoms with Crippen LogP contribution in [0, 0.1) is 5.82 Å². The summed E-state index contributed by atoms with van der Waals surface area (Å²) in [7, 11) is 0. The lowest BCUT2D eigenvalue weighted by molar-refractivity contribution is -0.117. The van der Waals surface area contributed by atoms with Gasteiger partial charge in [0.15, 0.2) is 0 Å². The summed E-state index contributed by atoms with van der Waals surface area (Å²) in [4.78, 5) is 16.5. The molecule has 7 heteroatoms. The monoisotopic (exact) mass is 381 g/mol. The largest absolute Gasteiger partial charge is 0.369 e. The van der Waals surface area contributed by atoms with E-state index in [0.29, 0.717) is 22.3 Å². The van der Waals surface area contributed by atoms with Gasteiger partial charge in [-0.3, -0.25) is 9.69 Å². The van der Waals surface area contributed by atoms with E-state index in [2.05, 4.69) is 15.1 Å². The molecule has 132 valence electrons. The van der Waals surface area contributed by atoms with Gasteiger partial charge in [-0.1, -0.05) is 23.2 Å². The number of nitrogens with zero attached hydrogens (tertiary/aromatic N) is 2. The Morgan fingerprint density at radius 1 is 1.00 bits per heavy atom. The SMILES string of the molecule is O=C(CN1CCN(c2ccc(F)cc2)CC1)Nc1ccc(Cl)c(Cl)c1. The van der Waals surface area contributed by atoms with Crippen molar-refractivity contribution in [3.63, 3.8) is 0 Å². The van der Waals surface area contributed by atoms with E-state index in [-0.39, 0.29) is 11.7 Å². The summed E-state index contributed by atoms with van der Waals surface area (Å²) in [6, 6.07) is 11.5. The molecule has 0 bridgehead atoms. The van der Waals surface area contributed by atoms with Crippen LogP contribution < -0.4 is 10.2 Å².